The molecule has 0 amide bonds. The van der Waals surface area contributed by atoms with Gasteiger partial charge in [0.15, 0.2) is 7.14 Å². The standard InChI is InChI=1S/C32H22IOP/c33-29-21-19-23-11-7-9-17-27(23)31(29)32-28-18-10-8-12-24(28)20-22-30(32)35(34,25-13-3-1-4-14-25)26-15-5-2-6-16-26/h1-22H. The zero-order valence-electron chi connectivity index (χ0n) is 18.9. The van der Waals surface area contributed by atoms with Gasteiger partial charge < -0.3 is 4.57 Å². The molecule has 168 valence electrons. The predicted octanol–water partition coefficient (Wildman–Crippen LogP) is 7.90. The molecule has 0 aromatic heterocycles. The summed E-state index contributed by atoms with van der Waals surface area (Å²) in [5.74, 6) is 0. The van der Waals surface area contributed by atoms with Gasteiger partial charge in [-0.3, -0.25) is 0 Å². The van der Waals surface area contributed by atoms with Crippen molar-refractivity contribution in [2.75, 3.05) is 0 Å². The molecular weight excluding hydrogens is 558 g/mol. The van der Waals surface area contributed by atoms with E-state index in [2.05, 4.69) is 95.4 Å². The van der Waals surface area contributed by atoms with Crippen molar-refractivity contribution in [1.29, 1.82) is 0 Å². The molecule has 0 unspecified atom stereocenters. The van der Waals surface area contributed by atoms with Crippen molar-refractivity contribution >= 4 is 67.2 Å². The van der Waals surface area contributed by atoms with Gasteiger partial charge in [-0.05, 0) is 56.3 Å². The van der Waals surface area contributed by atoms with Gasteiger partial charge in [-0.2, -0.15) is 0 Å². The van der Waals surface area contributed by atoms with Crippen molar-refractivity contribution in [3.63, 3.8) is 0 Å². The number of halogens is 1. The Morgan fingerprint density at radius 3 is 1.49 bits per heavy atom. The molecule has 0 aliphatic heterocycles. The Hall–Kier alpha value is -3.20. The highest BCUT2D eigenvalue weighted by molar-refractivity contribution is 14.1. The molecule has 0 radical (unpaired) electrons. The summed E-state index contributed by atoms with van der Waals surface area (Å²) in [7, 11) is -3.19. The average molecular weight is 580 g/mol. The van der Waals surface area contributed by atoms with Crippen LogP contribution < -0.4 is 15.9 Å². The van der Waals surface area contributed by atoms with Gasteiger partial charge >= 0.3 is 0 Å². The van der Waals surface area contributed by atoms with Crippen LogP contribution in [0.3, 0.4) is 0 Å². The minimum Gasteiger partial charge on any atom is -0.309 e. The molecule has 0 spiro atoms. The number of benzene rings is 6. The molecule has 6 aromatic rings. The maximum Gasteiger partial charge on any atom is 0.171 e. The number of hydrogen-bond donors (Lipinski definition) is 0. The third-order valence-electron chi connectivity index (χ3n) is 6.61. The molecule has 0 saturated heterocycles. The summed E-state index contributed by atoms with van der Waals surface area (Å²) in [6, 6.07) is 45.3. The van der Waals surface area contributed by atoms with Crippen LogP contribution in [0.5, 0.6) is 0 Å². The van der Waals surface area contributed by atoms with E-state index in [1.165, 1.54) is 10.8 Å². The highest BCUT2D eigenvalue weighted by Gasteiger charge is 2.33. The van der Waals surface area contributed by atoms with E-state index in [9.17, 15) is 0 Å². The topological polar surface area (TPSA) is 17.1 Å². The van der Waals surface area contributed by atoms with E-state index < -0.39 is 7.14 Å². The summed E-state index contributed by atoms with van der Waals surface area (Å²) in [6.45, 7) is 0. The molecule has 0 N–H and O–H groups in total. The van der Waals surface area contributed by atoms with E-state index in [1.54, 1.807) is 0 Å². The van der Waals surface area contributed by atoms with Crippen molar-refractivity contribution in [1.82, 2.24) is 0 Å². The number of fused-ring (bicyclic) bond motifs is 2. The third-order valence-corrected chi connectivity index (χ3v) is 10.6. The van der Waals surface area contributed by atoms with Gasteiger partial charge in [-0.15, -0.1) is 0 Å². The molecule has 6 aromatic carbocycles. The Bertz CT molecular complexity index is 1680. The van der Waals surface area contributed by atoms with Crippen molar-refractivity contribution in [2.24, 2.45) is 0 Å². The largest absolute Gasteiger partial charge is 0.309 e. The highest BCUT2D eigenvalue weighted by atomic mass is 127. The number of rotatable bonds is 4. The second-order valence-electron chi connectivity index (χ2n) is 8.60. The van der Waals surface area contributed by atoms with Crippen molar-refractivity contribution in [2.45, 2.75) is 0 Å². The van der Waals surface area contributed by atoms with E-state index in [0.717, 1.165) is 41.4 Å². The maximum atomic E-state index is 15.5. The lowest BCUT2D eigenvalue weighted by Crippen LogP contribution is -2.26. The van der Waals surface area contributed by atoms with Gasteiger partial charge in [0.2, 0.25) is 0 Å². The fourth-order valence-electron chi connectivity index (χ4n) is 4.99. The van der Waals surface area contributed by atoms with Crippen LogP contribution in [0.25, 0.3) is 32.7 Å². The van der Waals surface area contributed by atoms with E-state index >= 15 is 4.57 Å². The van der Waals surface area contributed by atoms with Crippen LogP contribution in [0.4, 0.5) is 0 Å². The fraction of sp³-hybridized carbons (Fsp3) is 0. The first kappa shape index (κ1) is 22.3. The average Bonchev–Trinajstić information content (AvgIpc) is 2.93. The molecule has 0 heterocycles. The van der Waals surface area contributed by atoms with Crippen LogP contribution in [0.1, 0.15) is 0 Å². The maximum absolute atomic E-state index is 15.5. The molecular formula is C32H22IOP. The zero-order chi connectivity index (χ0) is 23.8. The summed E-state index contributed by atoms with van der Waals surface area (Å²) in [5.41, 5.74) is 2.20. The minimum absolute atomic E-state index is 0.845. The van der Waals surface area contributed by atoms with Crippen LogP contribution in [-0.4, -0.2) is 0 Å². The van der Waals surface area contributed by atoms with Crippen molar-refractivity contribution < 1.29 is 4.57 Å². The molecule has 6 rings (SSSR count). The summed E-state index contributed by atoms with van der Waals surface area (Å²) in [4.78, 5) is 0. The first-order valence-electron chi connectivity index (χ1n) is 11.6. The normalized spacial score (nSPS) is 11.7. The van der Waals surface area contributed by atoms with Crippen molar-refractivity contribution in [3.05, 3.63) is 137 Å². The van der Waals surface area contributed by atoms with Crippen LogP contribution in [-0.2, 0) is 4.57 Å². The van der Waals surface area contributed by atoms with Crippen LogP contribution in [0, 0.1) is 3.57 Å². The molecule has 35 heavy (non-hydrogen) atoms. The van der Waals surface area contributed by atoms with Crippen molar-refractivity contribution in [3.8, 4) is 11.1 Å². The number of hydrogen-bond acceptors (Lipinski definition) is 1. The summed E-state index contributed by atoms with van der Waals surface area (Å²) in [6.07, 6.45) is 0. The van der Waals surface area contributed by atoms with Gasteiger partial charge in [0.1, 0.15) is 0 Å². The summed E-state index contributed by atoms with van der Waals surface area (Å²) < 4.78 is 16.6. The molecule has 3 heteroatoms. The quantitative estimate of drug-likeness (QED) is 0.153. The SMILES string of the molecule is O=P(c1ccccc1)(c1ccccc1)c1ccc2ccccc2c1-c1c(I)ccc2ccccc12. The summed E-state index contributed by atoms with van der Waals surface area (Å²) in [5, 5.41) is 7.17. The van der Waals surface area contributed by atoms with E-state index in [4.69, 9.17) is 0 Å². The lowest BCUT2D eigenvalue weighted by molar-refractivity contribution is 0.592. The van der Waals surface area contributed by atoms with Gasteiger partial charge in [0.25, 0.3) is 0 Å². The van der Waals surface area contributed by atoms with Gasteiger partial charge in [-0.25, -0.2) is 0 Å². The Kier molecular flexibility index (Phi) is 5.80. The highest BCUT2D eigenvalue weighted by Crippen LogP contribution is 2.48. The van der Waals surface area contributed by atoms with Crippen LogP contribution in [0.2, 0.25) is 0 Å². The molecule has 0 saturated carbocycles. The minimum atomic E-state index is -3.19. The zero-order valence-corrected chi connectivity index (χ0v) is 22.0. The lowest BCUT2D eigenvalue weighted by Gasteiger charge is -2.25. The molecule has 0 aliphatic carbocycles. The monoisotopic (exact) mass is 580 g/mol. The molecule has 0 atom stereocenters. The van der Waals surface area contributed by atoms with E-state index in [1.807, 2.05) is 60.7 Å². The van der Waals surface area contributed by atoms with Gasteiger partial charge in [0, 0.05) is 30.6 Å². The first-order chi connectivity index (χ1) is 17.2. The first-order valence-corrected chi connectivity index (χ1v) is 14.4. The lowest BCUT2D eigenvalue weighted by atomic mass is 9.94. The third kappa shape index (κ3) is 3.73. The Labute approximate surface area is 219 Å². The van der Waals surface area contributed by atoms with Gasteiger partial charge in [0.05, 0.1) is 0 Å². The molecule has 0 bridgehead atoms. The summed E-state index contributed by atoms with van der Waals surface area (Å²) >= 11 is 2.43. The molecule has 1 nitrogen and oxygen atoms in total. The predicted molar refractivity (Wildman–Crippen MR) is 159 cm³/mol. The fourth-order valence-corrected chi connectivity index (χ4v) is 8.60. The Morgan fingerprint density at radius 1 is 0.457 bits per heavy atom. The Morgan fingerprint density at radius 2 is 0.914 bits per heavy atom. The van der Waals surface area contributed by atoms with Crippen LogP contribution in [0.15, 0.2) is 133 Å². The molecule has 0 fully saturated rings. The molecule has 0 aliphatic rings. The Balaban J connectivity index is 1.82. The van der Waals surface area contributed by atoms with E-state index in [0.29, 0.717) is 0 Å². The smallest absolute Gasteiger partial charge is 0.171 e. The van der Waals surface area contributed by atoms with E-state index in [-0.39, 0.29) is 0 Å². The second-order valence-corrected chi connectivity index (χ2v) is 12.5. The van der Waals surface area contributed by atoms with Crippen LogP contribution >= 0.6 is 29.7 Å². The second kappa shape index (κ2) is 9.11. The van der Waals surface area contributed by atoms with Gasteiger partial charge in [-0.1, -0.05) is 121 Å².